The first kappa shape index (κ1) is 18.4. The summed E-state index contributed by atoms with van der Waals surface area (Å²) < 4.78 is 17.3. The van der Waals surface area contributed by atoms with Crippen LogP contribution >= 0.6 is 0 Å². The van der Waals surface area contributed by atoms with Crippen molar-refractivity contribution in [1.82, 2.24) is 20.4 Å². The van der Waals surface area contributed by atoms with Crippen molar-refractivity contribution in [2.75, 3.05) is 19.8 Å². The lowest BCUT2D eigenvalue weighted by Gasteiger charge is -2.30. The van der Waals surface area contributed by atoms with E-state index in [0.717, 1.165) is 18.9 Å². The molecule has 0 spiro atoms. The van der Waals surface area contributed by atoms with Crippen molar-refractivity contribution in [2.45, 2.75) is 64.0 Å². The molecule has 1 saturated carbocycles. The normalized spacial score (nSPS) is 21.9. The molecular weight excluding hydrogens is 344 g/mol. The van der Waals surface area contributed by atoms with Crippen molar-refractivity contribution in [3.8, 4) is 17.3 Å². The molecule has 2 aliphatic rings. The molecule has 2 unspecified atom stereocenters. The van der Waals surface area contributed by atoms with Crippen LogP contribution in [0, 0.1) is 0 Å². The van der Waals surface area contributed by atoms with Gasteiger partial charge in [0.05, 0.1) is 19.3 Å². The maximum atomic E-state index is 6.35. The topological polar surface area (TPSA) is 82.3 Å². The van der Waals surface area contributed by atoms with Crippen LogP contribution in [0.25, 0.3) is 11.5 Å². The van der Waals surface area contributed by atoms with Crippen LogP contribution in [0.15, 0.2) is 16.8 Å². The highest BCUT2D eigenvalue weighted by atomic mass is 16.5. The molecule has 1 aliphatic heterocycles. The number of nitrogens with zero attached hydrogens (tertiary/aromatic N) is 3. The Bertz CT molecular complexity index is 789. The third-order valence-corrected chi connectivity index (χ3v) is 5.04. The molecule has 0 radical (unpaired) electrons. The van der Waals surface area contributed by atoms with Gasteiger partial charge in [-0.2, -0.15) is 4.98 Å². The van der Waals surface area contributed by atoms with Crippen LogP contribution in [-0.4, -0.2) is 47.0 Å². The summed E-state index contributed by atoms with van der Waals surface area (Å²) in [6, 6.07) is 2.13. The molecule has 7 heteroatoms. The zero-order chi connectivity index (χ0) is 19.0. The summed E-state index contributed by atoms with van der Waals surface area (Å²) >= 11 is 0. The highest BCUT2D eigenvalue weighted by molar-refractivity contribution is 5.54. The Labute approximate surface area is 159 Å². The van der Waals surface area contributed by atoms with Crippen molar-refractivity contribution in [3.05, 3.63) is 23.7 Å². The predicted molar refractivity (Wildman–Crippen MR) is 101 cm³/mol. The zero-order valence-corrected chi connectivity index (χ0v) is 16.5. The van der Waals surface area contributed by atoms with E-state index < -0.39 is 0 Å². The van der Waals surface area contributed by atoms with Gasteiger partial charge in [-0.25, -0.2) is 0 Å². The maximum absolute atomic E-state index is 6.35. The molecule has 27 heavy (non-hydrogen) atoms. The van der Waals surface area contributed by atoms with Crippen LogP contribution in [-0.2, 0) is 10.2 Å². The summed E-state index contributed by atoms with van der Waals surface area (Å²) in [7, 11) is 0. The number of rotatable bonds is 5. The van der Waals surface area contributed by atoms with Gasteiger partial charge in [0.2, 0.25) is 11.7 Å². The van der Waals surface area contributed by atoms with Gasteiger partial charge in [0.15, 0.2) is 0 Å². The molecule has 2 aromatic rings. The van der Waals surface area contributed by atoms with E-state index in [2.05, 4.69) is 27.4 Å². The quantitative estimate of drug-likeness (QED) is 0.863. The molecular formula is C20H28N4O3. The maximum Gasteiger partial charge on any atom is 0.232 e. The number of nitrogens with one attached hydrogen (secondary N) is 1. The molecule has 146 valence electrons. The highest BCUT2D eigenvalue weighted by Gasteiger charge is 2.30. The van der Waals surface area contributed by atoms with Gasteiger partial charge < -0.3 is 19.3 Å². The van der Waals surface area contributed by atoms with Crippen LogP contribution in [0.1, 0.15) is 57.9 Å². The van der Waals surface area contributed by atoms with E-state index in [9.17, 15) is 0 Å². The number of morpholine rings is 1. The minimum atomic E-state index is -0.195. The van der Waals surface area contributed by atoms with Crippen molar-refractivity contribution in [3.63, 3.8) is 0 Å². The van der Waals surface area contributed by atoms with Crippen molar-refractivity contribution < 1.29 is 14.0 Å². The van der Waals surface area contributed by atoms with Crippen LogP contribution in [0.2, 0.25) is 0 Å². The fourth-order valence-electron chi connectivity index (χ4n) is 3.17. The second-order valence-corrected chi connectivity index (χ2v) is 8.51. The molecule has 0 bridgehead atoms. The molecule has 1 N–H and O–H groups in total. The van der Waals surface area contributed by atoms with E-state index >= 15 is 0 Å². The Morgan fingerprint density at radius 3 is 2.74 bits per heavy atom. The average Bonchev–Trinajstić information content (AvgIpc) is 3.36. The summed E-state index contributed by atoms with van der Waals surface area (Å²) in [5.41, 5.74) is 1.65. The lowest BCUT2D eigenvalue weighted by atomic mass is 9.97. The van der Waals surface area contributed by atoms with E-state index in [-0.39, 0.29) is 17.6 Å². The SMILES string of the molecule is CC(Oc1cc(-c2noc(C(C)(C)C)n2)ncc1C1CC1)C1COCCN1. The summed E-state index contributed by atoms with van der Waals surface area (Å²) in [6.07, 6.45) is 4.28. The van der Waals surface area contributed by atoms with E-state index in [1.807, 2.05) is 33.0 Å². The Morgan fingerprint density at radius 2 is 2.11 bits per heavy atom. The number of ether oxygens (including phenoxy) is 2. The van der Waals surface area contributed by atoms with Crippen molar-refractivity contribution in [2.24, 2.45) is 0 Å². The fourth-order valence-corrected chi connectivity index (χ4v) is 3.17. The Balaban J connectivity index is 1.59. The van der Waals surface area contributed by atoms with Crippen LogP contribution in [0.4, 0.5) is 0 Å². The molecule has 3 heterocycles. The molecule has 0 aromatic carbocycles. The standard InChI is InChI=1S/C20H28N4O3/c1-12(16-11-25-8-7-21-16)26-17-9-15(22-10-14(17)13-5-6-13)18-23-19(27-24-18)20(2,3)4/h9-10,12-13,16,21H,5-8,11H2,1-4H3. The van der Waals surface area contributed by atoms with Crippen molar-refractivity contribution in [1.29, 1.82) is 0 Å². The van der Waals surface area contributed by atoms with Gasteiger partial charge >= 0.3 is 0 Å². The molecule has 2 fully saturated rings. The first-order valence-corrected chi connectivity index (χ1v) is 9.74. The van der Waals surface area contributed by atoms with E-state index in [0.29, 0.717) is 29.9 Å². The largest absolute Gasteiger partial charge is 0.489 e. The predicted octanol–water partition coefficient (Wildman–Crippen LogP) is 3.06. The summed E-state index contributed by atoms with van der Waals surface area (Å²) in [5, 5.41) is 7.58. The third kappa shape index (κ3) is 4.14. The van der Waals surface area contributed by atoms with Crippen molar-refractivity contribution >= 4 is 0 Å². The summed E-state index contributed by atoms with van der Waals surface area (Å²) in [6.45, 7) is 10.5. The first-order valence-electron chi connectivity index (χ1n) is 9.74. The molecule has 0 amide bonds. The molecule has 4 rings (SSSR count). The molecule has 2 aromatic heterocycles. The van der Waals surface area contributed by atoms with Gasteiger partial charge in [-0.05, 0) is 25.7 Å². The molecule has 7 nitrogen and oxygen atoms in total. The number of hydrogen-bond acceptors (Lipinski definition) is 7. The third-order valence-electron chi connectivity index (χ3n) is 5.04. The van der Waals surface area contributed by atoms with Crippen LogP contribution in [0.5, 0.6) is 5.75 Å². The number of pyridine rings is 1. The molecule has 2 atom stereocenters. The second kappa shape index (κ2) is 7.20. The van der Waals surface area contributed by atoms with Gasteiger partial charge in [-0.3, -0.25) is 4.98 Å². The van der Waals surface area contributed by atoms with Gasteiger partial charge in [0.1, 0.15) is 17.5 Å². The zero-order valence-electron chi connectivity index (χ0n) is 16.5. The van der Waals surface area contributed by atoms with Gasteiger partial charge in [-0.15, -0.1) is 0 Å². The van der Waals surface area contributed by atoms with E-state index in [1.54, 1.807) is 0 Å². The first-order chi connectivity index (χ1) is 12.9. The Kier molecular flexibility index (Phi) is 4.90. The number of aromatic nitrogens is 3. The monoisotopic (exact) mass is 372 g/mol. The Hall–Kier alpha value is -1.99. The van der Waals surface area contributed by atoms with Gasteiger partial charge in [0, 0.05) is 29.8 Å². The minimum absolute atomic E-state index is 0.00606. The Morgan fingerprint density at radius 1 is 1.30 bits per heavy atom. The van der Waals surface area contributed by atoms with E-state index in [4.69, 9.17) is 14.0 Å². The lowest BCUT2D eigenvalue weighted by Crippen LogP contribution is -2.49. The number of hydrogen-bond donors (Lipinski definition) is 1. The molecule has 1 saturated heterocycles. The van der Waals surface area contributed by atoms with E-state index in [1.165, 1.54) is 18.4 Å². The highest BCUT2D eigenvalue weighted by Crippen LogP contribution is 2.45. The van der Waals surface area contributed by atoms with Gasteiger partial charge in [0.25, 0.3) is 0 Å². The molecule has 1 aliphatic carbocycles. The van der Waals surface area contributed by atoms with Gasteiger partial charge in [-0.1, -0.05) is 25.9 Å². The van der Waals surface area contributed by atoms with Crippen LogP contribution in [0.3, 0.4) is 0 Å². The van der Waals surface area contributed by atoms with Crippen LogP contribution < -0.4 is 10.1 Å². The fraction of sp³-hybridized carbons (Fsp3) is 0.650. The smallest absolute Gasteiger partial charge is 0.232 e. The summed E-state index contributed by atoms with van der Waals surface area (Å²) in [5.74, 6) is 2.51. The lowest BCUT2D eigenvalue weighted by molar-refractivity contribution is 0.0334. The average molecular weight is 372 g/mol. The minimum Gasteiger partial charge on any atom is -0.489 e. The second-order valence-electron chi connectivity index (χ2n) is 8.51. The summed E-state index contributed by atoms with van der Waals surface area (Å²) in [4.78, 5) is 9.10.